The number of carbonyl (C=O) groups excluding carboxylic acids is 2. The second kappa shape index (κ2) is 8.15. The molecule has 9 nitrogen and oxygen atoms in total. The van der Waals surface area contributed by atoms with E-state index in [-0.39, 0.29) is 6.03 Å². The molecule has 27 heavy (non-hydrogen) atoms. The normalized spacial score (nSPS) is 15.8. The summed E-state index contributed by atoms with van der Waals surface area (Å²) in [7, 11) is 1.33. The highest BCUT2D eigenvalue weighted by Crippen LogP contribution is 2.37. The summed E-state index contributed by atoms with van der Waals surface area (Å²) in [6.45, 7) is 2.39. The fourth-order valence-corrected chi connectivity index (χ4v) is 3.57. The number of methoxy groups -OCH3 is 1. The standard InChI is InChI=1S/C18H24N6O3/c1-3-19-17(26)20-18(11-7-4-8-12-18)16-21-22-23-24(16)14-10-6-5-9-13(14)15(25)27-2/h5-6,9-10H,3-4,7-8,11-12H2,1-2H3,(H2,19,20,26). The van der Waals surface area contributed by atoms with Crippen LogP contribution in [-0.4, -0.2) is 45.9 Å². The number of ether oxygens (including phenoxy) is 1. The molecular weight excluding hydrogens is 348 g/mol. The topological polar surface area (TPSA) is 111 Å². The minimum absolute atomic E-state index is 0.254. The molecule has 1 aliphatic rings. The number of rotatable bonds is 5. The molecule has 1 aromatic heterocycles. The van der Waals surface area contributed by atoms with Crippen molar-refractivity contribution >= 4 is 12.0 Å². The van der Waals surface area contributed by atoms with Crippen molar-refractivity contribution < 1.29 is 14.3 Å². The summed E-state index contributed by atoms with van der Waals surface area (Å²) >= 11 is 0. The zero-order chi connectivity index (χ0) is 19.3. The van der Waals surface area contributed by atoms with E-state index < -0.39 is 11.5 Å². The van der Waals surface area contributed by atoms with Crippen molar-refractivity contribution in [2.75, 3.05) is 13.7 Å². The van der Waals surface area contributed by atoms with Gasteiger partial charge in [0.25, 0.3) is 0 Å². The Morgan fingerprint density at radius 2 is 1.96 bits per heavy atom. The van der Waals surface area contributed by atoms with Gasteiger partial charge in [0, 0.05) is 6.54 Å². The quantitative estimate of drug-likeness (QED) is 0.776. The van der Waals surface area contributed by atoms with Gasteiger partial charge in [-0.05, 0) is 42.3 Å². The third-order valence-electron chi connectivity index (χ3n) is 4.83. The van der Waals surface area contributed by atoms with Crippen LogP contribution in [0.15, 0.2) is 24.3 Å². The Morgan fingerprint density at radius 3 is 2.67 bits per heavy atom. The van der Waals surface area contributed by atoms with E-state index in [0.29, 0.717) is 23.6 Å². The van der Waals surface area contributed by atoms with Gasteiger partial charge in [-0.1, -0.05) is 31.4 Å². The maximum absolute atomic E-state index is 12.3. The highest BCUT2D eigenvalue weighted by atomic mass is 16.5. The number of benzene rings is 1. The lowest BCUT2D eigenvalue weighted by Crippen LogP contribution is -2.52. The maximum atomic E-state index is 12.3. The van der Waals surface area contributed by atoms with Gasteiger partial charge < -0.3 is 15.4 Å². The Kier molecular flexibility index (Phi) is 5.68. The van der Waals surface area contributed by atoms with E-state index in [9.17, 15) is 9.59 Å². The van der Waals surface area contributed by atoms with Gasteiger partial charge in [0.2, 0.25) is 0 Å². The molecular formula is C18H24N6O3. The third kappa shape index (κ3) is 3.76. The van der Waals surface area contributed by atoms with Crippen molar-refractivity contribution in [3.05, 3.63) is 35.7 Å². The number of nitrogens with zero attached hydrogens (tertiary/aromatic N) is 4. The number of nitrogens with one attached hydrogen (secondary N) is 2. The summed E-state index contributed by atoms with van der Waals surface area (Å²) < 4.78 is 6.41. The van der Waals surface area contributed by atoms with Crippen LogP contribution in [0, 0.1) is 0 Å². The molecule has 0 radical (unpaired) electrons. The predicted octanol–water partition coefficient (Wildman–Crippen LogP) is 1.93. The molecule has 1 fully saturated rings. The molecule has 144 valence electrons. The molecule has 0 atom stereocenters. The Bertz CT molecular complexity index is 813. The molecule has 1 aliphatic carbocycles. The Balaban J connectivity index is 2.06. The maximum Gasteiger partial charge on any atom is 0.340 e. The second-order valence-electron chi connectivity index (χ2n) is 6.55. The molecule has 2 aromatic rings. The first-order valence-corrected chi connectivity index (χ1v) is 9.14. The number of amides is 2. The second-order valence-corrected chi connectivity index (χ2v) is 6.55. The SMILES string of the molecule is CCNC(=O)NC1(c2nnnn2-c2ccccc2C(=O)OC)CCCCC1. The summed E-state index contributed by atoms with van der Waals surface area (Å²) in [6.07, 6.45) is 4.46. The van der Waals surface area contributed by atoms with Crippen LogP contribution in [0.1, 0.15) is 55.2 Å². The van der Waals surface area contributed by atoms with Gasteiger partial charge in [0.1, 0.15) is 5.54 Å². The molecule has 0 unspecified atom stereocenters. The largest absolute Gasteiger partial charge is 0.465 e. The molecule has 1 heterocycles. The van der Waals surface area contributed by atoms with Crippen LogP contribution < -0.4 is 10.6 Å². The first-order valence-electron chi connectivity index (χ1n) is 9.14. The number of hydrogen-bond acceptors (Lipinski definition) is 6. The van der Waals surface area contributed by atoms with Crippen LogP contribution in [0.5, 0.6) is 0 Å². The summed E-state index contributed by atoms with van der Waals surface area (Å²) in [5, 5.41) is 18.0. The lowest BCUT2D eigenvalue weighted by Gasteiger charge is -2.36. The van der Waals surface area contributed by atoms with Crippen LogP contribution in [0.25, 0.3) is 5.69 Å². The smallest absolute Gasteiger partial charge is 0.340 e. The number of tetrazole rings is 1. The first-order chi connectivity index (χ1) is 13.1. The molecule has 9 heteroatoms. The lowest BCUT2D eigenvalue weighted by atomic mass is 9.81. The van der Waals surface area contributed by atoms with Crippen molar-refractivity contribution in [3.63, 3.8) is 0 Å². The number of carbonyl (C=O) groups is 2. The monoisotopic (exact) mass is 372 g/mol. The highest BCUT2D eigenvalue weighted by Gasteiger charge is 2.41. The highest BCUT2D eigenvalue weighted by molar-refractivity contribution is 5.93. The van der Waals surface area contributed by atoms with Gasteiger partial charge >= 0.3 is 12.0 Å². The average Bonchev–Trinajstić information content (AvgIpc) is 3.18. The first kappa shape index (κ1) is 18.8. The van der Waals surface area contributed by atoms with Gasteiger partial charge in [-0.3, -0.25) is 0 Å². The number of esters is 1. The number of para-hydroxylation sites is 1. The number of urea groups is 1. The van der Waals surface area contributed by atoms with Crippen LogP contribution in [0.2, 0.25) is 0 Å². The molecule has 0 bridgehead atoms. The van der Waals surface area contributed by atoms with Crippen LogP contribution in [0.3, 0.4) is 0 Å². The van der Waals surface area contributed by atoms with E-state index in [2.05, 4.69) is 26.2 Å². The van der Waals surface area contributed by atoms with Crippen molar-refractivity contribution in [1.29, 1.82) is 0 Å². The summed E-state index contributed by atoms with van der Waals surface area (Å²) in [6, 6.07) is 6.72. The Labute approximate surface area is 157 Å². The van der Waals surface area contributed by atoms with E-state index in [0.717, 1.165) is 32.1 Å². The van der Waals surface area contributed by atoms with Crippen molar-refractivity contribution in [1.82, 2.24) is 30.8 Å². The van der Waals surface area contributed by atoms with E-state index in [4.69, 9.17) is 4.74 Å². The molecule has 1 saturated carbocycles. The Hall–Kier alpha value is -2.97. The minimum atomic E-state index is -0.690. The van der Waals surface area contributed by atoms with E-state index in [1.165, 1.54) is 11.8 Å². The molecule has 0 saturated heterocycles. The molecule has 1 aromatic carbocycles. The number of aromatic nitrogens is 4. The fraction of sp³-hybridized carbons (Fsp3) is 0.500. The van der Waals surface area contributed by atoms with Crippen molar-refractivity contribution in [2.45, 2.75) is 44.6 Å². The van der Waals surface area contributed by atoms with Crippen molar-refractivity contribution in [2.24, 2.45) is 0 Å². The van der Waals surface area contributed by atoms with E-state index >= 15 is 0 Å². The molecule has 2 amide bonds. The van der Waals surface area contributed by atoms with Gasteiger partial charge in [0.15, 0.2) is 5.82 Å². The van der Waals surface area contributed by atoms with Crippen LogP contribution in [-0.2, 0) is 10.3 Å². The summed E-state index contributed by atoms with van der Waals surface area (Å²) in [4.78, 5) is 24.5. The Morgan fingerprint density at radius 1 is 1.22 bits per heavy atom. The fourth-order valence-electron chi connectivity index (χ4n) is 3.57. The molecule has 0 spiro atoms. The van der Waals surface area contributed by atoms with Gasteiger partial charge in [0.05, 0.1) is 18.4 Å². The van der Waals surface area contributed by atoms with E-state index in [1.54, 1.807) is 24.3 Å². The van der Waals surface area contributed by atoms with Crippen molar-refractivity contribution in [3.8, 4) is 5.69 Å². The summed E-state index contributed by atoms with van der Waals surface area (Å²) in [5.41, 5.74) is 0.189. The van der Waals surface area contributed by atoms with Crippen LogP contribution >= 0.6 is 0 Å². The zero-order valence-corrected chi connectivity index (χ0v) is 15.6. The third-order valence-corrected chi connectivity index (χ3v) is 4.83. The molecule has 3 rings (SSSR count). The summed E-state index contributed by atoms with van der Waals surface area (Å²) in [5.74, 6) is 0.0474. The van der Waals surface area contributed by atoms with E-state index in [1.807, 2.05) is 6.92 Å². The van der Waals surface area contributed by atoms with Gasteiger partial charge in [-0.25, -0.2) is 9.59 Å². The minimum Gasteiger partial charge on any atom is -0.465 e. The number of hydrogen-bond donors (Lipinski definition) is 2. The van der Waals surface area contributed by atoms with Gasteiger partial charge in [-0.2, -0.15) is 4.68 Å². The van der Waals surface area contributed by atoms with Gasteiger partial charge in [-0.15, -0.1) is 5.10 Å². The molecule has 2 N–H and O–H groups in total. The average molecular weight is 372 g/mol. The zero-order valence-electron chi connectivity index (χ0n) is 15.6. The predicted molar refractivity (Wildman–Crippen MR) is 97.5 cm³/mol. The van der Waals surface area contributed by atoms with Crippen LogP contribution in [0.4, 0.5) is 4.79 Å². The molecule has 0 aliphatic heterocycles. The lowest BCUT2D eigenvalue weighted by molar-refractivity contribution is 0.0600.